The number of primary amides is 1. The third-order valence-electron chi connectivity index (χ3n) is 1.28. The number of Topliss-reactive ketones (excluding diaryl/α,β-unsaturated/α-hetero) is 1. The van der Waals surface area contributed by atoms with Gasteiger partial charge >= 0.3 is 0 Å². The average Bonchev–Trinajstić information content (AvgIpc) is 2.66. The molecular weight excluding hydrogens is 200 g/mol. The smallest absolute Gasteiger partial charge is 0.284 e. The van der Waals surface area contributed by atoms with E-state index in [2.05, 4.69) is 15.7 Å². The van der Waals surface area contributed by atoms with Gasteiger partial charge < -0.3 is 21.2 Å². The number of H-pyrrole nitrogens is 1. The summed E-state index contributed by atoms with van der Waals surface area (Å²) in [6.07, 6.45) is 3.85. The second-order valence-corrected chi connectivity index (χ2v) is 2.47. The third kappa shape index (κ3) is 6.94. The molecule has 0 radical (unpaired) electrons. The summed E-state index contributed by atoms with van der Waals surface area (Å²) in [5.41, 5.74) is 9.68. The molecule has 5 N–H and O–H groups in total. The van der Waals surface area contributed by atoms with Crippen LogP contribution in [0.3, 0.4) is 0 Å². The first-order chi connectivity index (χ1) is 7.07. The minimum atomic E-state index is -0.975. The molecule has 1 aromatic heterocycles. The van der Waals surface area contributed by atoms with E-state index in [4.69, 9.17) is 5.73 Å². The number of nitrogens with one attached hydrogen (secondary N) is 1. The molecule has 0 atom stereocenters. The van der Waals surface area contributed by atoms with Crippen LogP contribution >= 0.6 is 0 Å². The molecule has 1 amide bonds. The number of aromatic amines is 1. The van der Waals surface area contributed by atoms with Crippen molar-refractivity contribution in [2.75, 3.05) is 5.73 Å². The molecule has 0 fully saturated rings. The predicted octanol–water partition coefficient (Wildman–Crippen LogP) is -0.988. The Labute approximate surface area is 85.9 Å². The molecule has 82 valence electrons. The van der Waals surface area contributed by atoms with E-state index in [1.807, 2.05) is 0 Å². The van der Waals surface area contributed by atoms with Crippen molar-refractivity contribution in [1.29, 1.82) is 0 Å². The predicted molar refractivity (Wildman–Crippen MR) is 52.5 cm³/mol. The van der Waals surface area contributed by atoms with Gasteiger partial charge in [0.1, 0.15) is 6.29 Å². The summed E-state index contributed by atoms with van der Waals surface area (Å²) in [4.78, 5) is 36.2. The van der Waals surface area contributed by atoms with Crippen LogP contribution in [0.4, 0.5) is 5.95 Å². The number of hydrogen-bond acceptors (Lipinski definition) is 5. The standard InChI is InChI=1S/C5H7NO3.C3H5N3/c6-5(9)4(8)2-1-3-7;4-3-5-1-2-6-3/h3H,1-2H2,(H2,6,9);1-2H,(H3,4,5,6). The van der Waals surface area contributed by atoms with Gasteiger partial charge in [-0.25, -0.2) is 4.98 Å². The van der Waals surface area contributed by atoms with Crippen LogP contribution in [0.1, 0.15) is 12.8 Å². The van der Waals surface area contributed by atoms with Crippen molar-refractivity contribution >= 4 is 23.9 Å². The molecule has 1 aromatic rings. The van der Waals surface area contributed by atoms with Crippen molar-refractivity contribution in [2.24, 2.45) is 5.73 Å². The van der Waals surface area contributed by atoms with Crippen molar-refractivity contribution in [3.8, 4) is 0 Å². The van der Waals surface area contributed by atoms with Gasteiger partial charge in [0.2, 0.25) is 5.78 Å². The minimum absolute atomic E-state index is 0.0706. The number of amides is 1. The third-order valence-corrected chi connectivity index (χ3v) is 1.28. The monoisotopic (exact) mass is 212 g/mol. The number of ketones is 1. The van der Waals surface area contributed by atoms with E-state index >= 15 is 0 Å². The zero-order valence-corrected chi connectivity index (χ0v) is 7.97. The Bertz CT molecular complexity index is 321. The number of anilines is 1. The molecule has 0 aliphatic carbocycles. The lowest BCUT2D eigenvalue weighted by Gasteiger charge is -1.86. The van der Waals surface area contributed by atoms with Crippen LogP contribution in [-0.2, 0) is 14.4 Å². The zero-order chi connectivity index (χ0) is 11.7. The van der Waals surface area contributed by atoms with Crippen molar-refractivity contribution in [1.82, 2.24) is 9.97 Å². The highest BCUT2D eigenvalue weighted by Gasteiger charge is 2.06. The van der Waals surface area contributed by atoms with E-state index < -0.39 is 11.7 Å². The molecule has 0 saturated carbocycles. The van der Waals surface area contributed by atoms with Gasteiger partial charge in [-0.05, 0) is 0 Å². The SMILES string of the molecule is NC(=O)C(=O)CCC=O.Nc1ncc[nH]1. The van der Waals surface area contributed by atoms with E-state index in [1.54, 1.807) is 12.4 Å². The Balaban J connectivity index is 0.000000280. The fraction of sp³-hybridized carbons (Fsp3) is 0.250. The van der Waals surface area contributed by atoms with Crippen LogP contribution in [-0.4, -0.2) is 27.9 Å². The molecule has 1 heterocycles. The maximum absolute atomic E-state index is 10.3. The molecule has 0 saturated heterocycles. The molecule has 0 aromatic carbocycles. The van der Waals surface area contributed by atoms with Crippen LogP contribution < -0.4 is 11.5 Å². The quantitative estimate of drug-likeness (QED) is 0.435. The highest BCUT2D eigenvalue weighted by Crippen LogP contribution is 1.84. The summed E-state index contributed by atoms with van der Waals surface area (Å²) in [7, 11) is 0. The number of nitrogens with two attached hydrogens (primary N) is 2. The van der Waals surface area contributed by atoms with Crippen LogP contribution in [0.5, 0.6) is 0 Å². The molecule has 0 unspecified atom stereocenters. The number of rotatable bonds is 4. The summed E-state index contributed by atoms with van der Waals surface area (Å²) in [6, 6.07) is 0. The van der Waals surface area contributed by atoms with Crippen LogP contribution in [0.25, 0.3) is 0 Å². The Morgan fingerprint density at radius 3 is 2.47 bits per heavy atom. The maximum atomic E-state index is 10.3. The van der Waals surface area contributed by atoms with Crippen molar-refractivity contribution in [3.05, 3.63) is 12.4 Å². The first-order valence-electron chi connectivity index (χ1n) is 4.09. The summed E-state index contributed by atoms with van der Waals surface area (Å²) in [5, 5.41) is 0. The summed E-state index contributed by atoms with van der Waals surface area (Å²) in [5.74, 6) is -1.20. The fourth-order valence-electron chi connectivity index (χ4n) is 0.591. The van der Waals surface area contributed by atoms with Gasteiger partial charge in [-0.15, -0.1) is 0 Å². The van der Waals surface area contributed by atoms with E-state index in [0.717, 1.165) is 0 Å². The largest absolute Gasteiger partial charge is 0.369 e. The number of aldehydes is 1. The number of carbonyl (C=O) groups is 3. The highest BCUT2D eigenvalue weighted by atomic mass is 16.2. The van der Waals surface area contributed by atoms with Gasteiger partial charge in [0.15, 0.2) is 5.95 Å². The van der Waals surface area contributed by atoms with Gasteiger partial charge in [0, 0.05) is 25.2 Å². The second-order valence-electron chi connectivity index (χ2n) is 2.47. The molecule has 15 heavy (non-hydrogen) atoms. The number of aromatic nitrogens is 2. The second kappa shape index (κ2) is 7.25. The summed E-state index contributed by atoms with van der Waals surface area (Å²) < 4.78 is 0. The Kier molecular flexibility index (Phi) is 6.19. The Morgan fingerprint density at radius 1 is 1.53 bits per heavy atom. The van der Waals surface area contributed by atoms with Gasteiger partial charge in [0.05, 0.1) is 0 Å². The summed E-state index contributed by atoms with van der Waals surface area (Å²) in [6.45, 7) is 0. The fourth-order valence-corrected chi connectivity index (χ4v) is 0.591. The normalized spacial score (nSPS) is 8.53. The molecule has 7 heteroatoms. The minimum Gasteiger partial charge on any atom is -0.369 e. The van der Waals surface area contributed by atoms with Crippen molar-refractivity contribution in [2.45, 2.75) is 12.8 Å². The van der Waals surface area contributed by atoms with Crippen LogP contribution in [0.15, 0.2) is 12.4 Å². The Morgan fingerprint density at radius 2 is 2.20 bits per heavy atom. The van der Waals surface area contributed by atoms with Crippen molar-refractivity contribution < 1.29 is 14.4 Å². The molecular formula is C8H12N4O3. The first kappa shape index (κ1) is 12.8. The number of nitrogen functional groups attached to an aromatic ring is 1. The average molecular weight is 212 g/mol. The van der Waals surface area contributed by atoms with Gasteiger partial charge in [0.25, 0.3) is 5.91 Å². The number of imidazole rings is 1. The number of hydrogen-bond donors (Lipinski definition) is 3. The maximum Gasteiger partial charge on any atom is 0.284 e. The molecule has 0 bridgehead atoms. The number of carbonyl (C=O) groups excluding carboxylic acids is 3. The number of nitrogens with zero attached hydrogens (tertiary/aromatic N) is 1. The zero-order valence-electron chi connectivity index (χ0n) is 7.97. The molecule has 1 rings (SSSR count). The van der Waals surface area contributed by atoms with E-state index in [1.165, 1.54) is 0 Å². The topological polar surface area (TPSA) is 132 Å². The van der Waals surface area contributed by atoms with Crippen LogP contribution in [0.2, 0.25) is 0 Å². The first-order valence-corrected chi connectivity index (χ1v) is 4.09. The van der Waals surface area contributed by atoms with Gasteiger partial charge in [-0.2, -0.15) is 0 Å². The molecule has 0 aliphatic rings. The van der Waals surface area contributed by atoms with E-state index in [-0.39, 0.29) is 12.8 Å². The van der Waals surface area contributed by atoms with Crippen molar-refractivity contribution in [3.63, 3.8) is 0 Å². The van der Waals surface area contributed by atoms with Gasteiger partial charge in [-0.1, -0.05) is 0 Å². The molecule has 0 aliphatic heterocycles. The lowest BCUT2D eigenvalue weighted by atomic mass is 10.2. The Hall–Kier alpha value is -2.18. The lowest BCUT2D eigenvalue weighted by Crippen LogP contribution is -2.22. The van der Waals surface area contributed by atoms with E-state index in [0.29, 0.717) is 12.2 Å². The summed E-state index contributed by atoms with van der Waals surface area (Å²) >= 11 is 0. The van der Waals surface area contributed by atoms with E-state index in [9.17, 15) is 14.4 Å². The molecule has 0 spiro atoms. The molecule has 7 nitrogen and oxygen atoms in total. The lowest BCUT2D eigenvalue weighted by molar-refractivity contribution is -0.136. The van der Waals surface area contributed by atoms with Crippen LogP contribution in [0, 0.1) is 0 Å². The highest BCUT2D eigenvalue weighted by molar-refractivity contribution is 6.35. The van der Waals surface area contributed by atoms with Gasteiger partial charge in [-0.3, -0.25) is 9.59 Å².